The van der Waals surface area contributed by atoms with Crippen LogP contribution in [0.3, 0.4) is 0 Å². The molecule has 2 aromatic rings. The van der Waals surface area contributed by atoms with Gasteiger partial charge in [0, 0.05) is 18.8 Å². The van der Waals surface area contributed by atoms with Crippen LogP contribution in [0.4, 0.5) is 11.4 Å². The Bertz CT molecular complexity index is 644. The first-order valence-corrected chi connectivity index (χ1v) is 8.95. The summed E-state index contributed by atoms with van der Waals surface area (Å²) in [5.74, 6) is 0. The van der Waals surface area contributed by atoms with Crippen LogP contribution in [0.25, 0.3) is 0 Å². The highest BCUT2D eigenvalue weighted by atomic mass is 35.5. The first-order chi connectivity index (χ1) is 11.4. The number of nitrogens with two attached hydrogens (primary N) is 1. The number of halogens is 2. The van der Waals surface area contributed by atoms with E-state index in [2.05, 4.69) is 29.2 Å². The van der Waals surface area contributed by atoms with E-state index in [0.29, 0.717) is 15.7 Å². The van der Waals surface area contributed by atoms with Gasteiger partial charge in [0.15, 0.2) is 0 Å². The van der Waals surface area contributed by atoms with Gasteiger partial charge in [0.1, 0.15) is 0 Å². The Morgan fingerprint density at radius 2 is 1.88 bits per heavy atom. The number of aromatic nitrogens is 2. The van der Waals surface area contributed by atoms with Gasteiger partial charge >= 0.3 is 0 Å². The molecule has 0 saturated heterocycles. The fourth-order valence-electron chi connectivity index (χ4n) is 2.53. The van der Waals surface area contributed by atoms with Gasteiger partial charge in [-0.05, 0) is 37.7 Å². The number of nitrogens with zero attached hydrogens (tertiary/aromatic N) is 3. The summed E-state index contributed by atoms with van der Waals surface area (Å²) in [6.07, 6.45) is 3.85. The van der Waals surface area contributed by atoms with Gasteiger partial charge in [-0.1, -0.05) is 37.0 Å². The molecular formula is C17H25Cl2N5. The molecule has 0 amide bonds. The average molecular weight is 370 g/mol. The number of hydrogen-bond donors (Lipinski definition) is 2. The van der Waals surface area contributed by atoms with Crippen molar-refractivity contribution < 1.29 is 0 Å². The second kappa shape index (κ2) is 8.60. The summed E-state index contributed by atoms with van der Waals surface area (Å²) in [5, 5.41) is 8.77. The zero-order chi connectivity index (χ0) is 17.7. The third-order valence-corrected chi connectivity index (χ3v) is 4.78. The van der Waals surface area contributed by atoms with Gasteiger partial charge in [-0.25, -0.2) is 0 Å². The number of nitrogens with one attached hydrogen (secondary N) is 1. The number of anilines is 2. The summed E-state index contributed by atoms with van der Waals surface area (Å²) < 4.78 is 1.95. The molecule has 5 nitrogen and oxygen atoms in total. The first-order valence-electron chi connectivity index (χ1n) is 8.20. The number of benzene rings is 1. The van der Waals surface area contributed by atoms with Crippen LogP contribution in [-0.4, -0.2) is 34.3 Å². The van der Waals surface area contributed by atoms with Crippen molar-refractivity contribution in [2.75, 3.05) is 30.7 Å². The van der Waals surface area contributed by atoms with E-state index in [1.54, 1.807) is 0 Å². The lowest BCUT2D eigenvalue weighted by atomic mass is 10.1. The molecule has 0 saturated carbocycles. The van der Waals surface area contributed by atoms with Crippen molar-refractivity contribution in [2.24, 2.45) is 0 Å². The molecular weight excluding hydrogens is 345 g/mol. The normalized spacial score (nSPS) is 12.6. The van der Waals surface area contributed by atoms with Gasteiger partial charge in [-0.3, -0.25) is 4.68 Å². The molecule has 0 bridgehead atoms. The minimum atomic E-state index is 0.0426. The largest absolute Gasteiger partial charge is 0.396 e. The van der Waals surface area contributed by atoms with E-state index in [1.165, 1.54) is 0 Å². The fourth-order valence-corrected chi connectivity index (χ4v) is 3.04. The van der Waals surface area contributed by atoms with Crippen LogP contribution >= 0.6 is 23.2 Å². The Hall–Kier alpha value is -1.43. The molecule has 2 rings (SSSR count). The first kappa shape index (κ1) is 18.9. The standard InChI is InChI=1S/C17H25Cl2N5/c1-4-23(5-2)6-7-24-11-14(10-21-24)22-12(3)13-8-15(18)17(20)16(19)9-13/h8-12,22H,4-7,20H2,1-3H3. The SMILES string of the molecule is CCN(CC)CCn1cc(NC(C)c2cc(Cl)c(N)c(Cl)c2)cn1. The summed E-state index contributed by atoms with van der Waals surface area (Å²) in [6.45, 7) is 10.4. The van der Waals surface area contributed by atoms with Gasteiger partial charge in [-0.2, -0.15) is 5.10 Å². The lowest BCUT2D eigenvalue weighted by Gasteiger charge is -2.17. The molecule has 0 aliphatic rings. The third-order valence-electron chi connectivity index (χ3n) is 4.16. The summed E-state index contributed by atoms with van der Waals surface area (Å²) in [7, 11) is 0. The Kier molecular flexibility index (Phi) is 6.78. The predicted molar refractivity (Wildman–Crippen MR) is 103 cm³/mol. The zero-order valence-corrected chi connectivity index (χ0v) is 15.9. The predicted octanol–water partition coefficient (Wildman–Crippen LogP) is 4.29. The second-order valence-corrected chi connectivity index (χ2v) is 6.60. The highest BCUT2D eigenvalue weighted by Gasteiger charge is 2.11. The molecule has 1 atom stereocenters. The molecule has 0 aliphatic heterocycles. The highest BCUT2D eigenvalue weighted by Crippen LogP contribution is 2.32. The van der Waals surface area contributed by atoms with E-state index in [9.17, 15) is 0 Å². The van der Waals surface area contributed by atoms with Crippen LogP contribution < -0.4 is 11.1 Å². The van der Waals surface area contributed by atoms with Gasteiger partial charge in [0.25, 0.3) is 0 Å². The van der Waals surface area contributed by atoms with Crippen molar-refractivity contribution in [3.8, 4) is 0 Å². The summed E-state index contributed by atoms with van der Waals surface area (Å²) in [5.41, 5.74) is 8.15. The van der Waals surface area contributed by atoms with Crippen LogP contribution in [-0.2, 0) is 6.54 Å². The molecule has 0 aliphatic carbocycles. The summed E-state index contributed by atoms with van der Waals surface area (Å²) >= 11 is 12.2. The van der Waals surface area contributed by atoms with Gasteiger partial charge < -0.3 is 16.0 Å². The molecule has 1 heterocycles. The lowest BCUT2D eigenvalue weighted by Crippen LogP contribution is -2.27. The van der Waals surface area contributed by atoms with Crippen molar-refractivity contribution in [2.45, 2.75) is 33.4 Å². The van der Waals surface area contributed by atoms with E-state index in [0.717, 1.165) is 37.4 Å². The summed E-state index contributed by atoms with van der Waals surface area (Å²) in [4.78, 5) is 2.37. The van der Waals surface area contributed by atoms with Crippen LogP contribution in [0.2, 0.25) is 10.0 Å². The smallest absolute Gasteiger partial charge is 0.0731 e. The van der Waals surface area contributed by atoms with E-state index >= 15 is 0 Å². The van der Waals surface area contributed by atoms with Crippen molar-refractivity contribution in [3.63, 3.8) is 0 Å². The Morgan fingerprint density at radius 3 is 2.46 bits per heavy atom. The maximum Gasteiger partial charge on any atom is 0.0731 e. The van der Waals surface area contributed by atoms with E-state index in [1.807, 2.05) is 36.1 Å². The number of nitrogen functional groups attached to an aromatic ring is 1. The fraction of sp³-hybridized carbons (Fsp3) is 0.471. The average Bonchev–Trinajstić information content (AvgIpc) is 3.00. The minimum Gasteiger partial charge on any atom is -0.396 e. The van der Waals surface area contributed by atoms with Crippen LogP contribution in [0.5, 0.6) is 0 Å². The van der Waals surface area contributed by atoms with Gasteiger partial charge in [0.05, 0.1) is 34.2 Å². The molecule has 1 aromatic heterocycles. The lowest BCUT2D eigenvalue weighted by molar-refractivity contribution is 0.285. The molecule has 24 heavy (non-hydrogen) atoms. The van der Waals surface area contributed by atoms with Crippen molar-refractivity contribution in [1.29, 1.82) is 0 Å². The summed E-state index contributed by atoms with van der Waals surface area (Å²) in [6, 6.07) is 3.72. The molecule has 0 radical (unpaired) electrons. The number of likely N-dealkylation sites (N-methyl/N-ethyl adjacent to an activating group) is 1. The molecule has 132 valence electrons. The molecule has 1 aromatic carbocycles. The van der Waals surface area contributed by atoms with E-state index < -0.39 is 0 Å². The number of rotatable bonds is 8. The van der Waals surface area contributed by atoms with Gasteiger partial charge in [-0.15, -0.1) is 0 Å². The van der Waals surface area contributed by atoms with Crippen LogP contribution in [0.1, 0.15) is 32.4 Å². The maximum absolute atomic E-state index is 6.11. The molecule has 0 fully saturated rings. The molecule has 1 unspecified atom stereocenters. The minimum absolute atomic E-state index is 0.0426. The Morgan fingerprint density at radius 1 is 1.25 bits per heavy atom. The molecule has 0 spiro atoms. The third kappa shape index (κ3) is 4.79. The van der Waals surface area contributed by atoms with Crippen molar-refractivity contribution in [3.05, 3.63) is 40.1 Å². The van der Waals surface area contributed by atoms with Crippen LogP contribution in [0.15, 0.2) is 24.5 Å². The molecule has 3 N–H and O–H groups in total. The van der Waals surface area contributed by atoms with Gasteiger partial charge in [0.2, 0.25) is 0 Å². The van der Waals surface area contributed by atoms with Crippen molar-refractivity contribution in [1.82, 2.24) is 14.7 Å². The molecule has 7 heteroatoms. The quantitative estimate of drug-likeness (QED) is 0.681. The van der Waals surface area contributed by atoms with E-state index in [4.69, 9.17) is 28.9 Å². The van der Waals surface area contributed by atoms with E-state index in [-0.39, 0.29) is 6.04 Å². The topological polar surface area (TPSA) is 59.1 Å². The Balaban J connectivity index is 1.99. The monoisotopic (exact) mass is 369 g/mol. The number of hydrogen-bond acceptors (Lipinski definition) is 4. The highest BCUT2D eigenvalue weighted by molar-refractivity contribution is 6.38. The Labute approximate surface area is 153 Å². The second-order valence-electron chi connectivity index (χ2n) is 5.78. The zero-order valence-electron chi connectivity index (χ0n) is 14.4. The van der Waals surface area contributed by atoms with Crippen LogP contribution in [0, 0.1) is 0 Å². The maximum atomic E-state index is 6.11. The van der Waals surface area contributed by atoms with Crippen molar-refractivity contribution >= 4 is 34.6 Å².